The summed E-state index contributed by atoms with van der Waals surface area (Å²) in [5.41, 5.74) is 0. The predicted molar refractivity (Wildman–Crippen MR) is 61.3 cm³/mol. The largest absolute Gasteiger partial charge is 0.382 e. The van der Waals surface area contributed by atoms with Gasteiger partial charge < -0.3 is 10.1 Å². The van der Waals surface area contributed by atoms with Crippen molar-refractivity contribution in [3.8, 4) is 11.8 Å². The van der Waals surface area contributed by atoms with Gasteiger partial charge in [-0.2, -0.15) is 0 Å². The lowest BCUT2D eigenvalue weighted by Crippen LogP contribution is -2.30. The van der Waals surface area contributed by atoms with Gasteiger partial charge in [0.15, 0.2) is 0 Å². The van der Waals surface area contributed by atoms with Crippen LogP contribution >= 0.6 is 0 Å². The van der Waals surface area contributed by atoms with E-state index in [1.54, 1.807) is 0 Å². The summed E-state index contributed by atoms with van der Waals surface area (Å²) < 4.78 is 5.34. The quantitative estimate of drug-likeness (QED) is 0.476. The number of rotatable bonds is 8. The van der Waals surface area contributed by atoms with Crippen molar-refractivity contribution in [1.29, 1.82) is 0 Å². The minimum atomic E-state index is 0.494. The maximum absolute atomic E-state index is 5.34. The lowest BCUT2D eigenvalue weighted by Gasteiger charge is -2.15. The molecule has 0 bridgehead atoms. The van der Waals surface area contributed by atoms with Gasteiger partial charge in [-0.05, 0) is 33.2 Å². The van der Waals surface area contributed by atoms with Gasteiger partial charge in [0.1, 0.15) is 0 Å². The number of ether oxygens (including phenoxy) is 1. The minimum absolute atomic E-state index is 0.494. The molecule has 0 spiro atoms. The summed E-state index contributed by atoms with van der Waals surface area (Å²) in [6, 6.07) is 0.494. The molecule has 0 aromatic carbocycles. The molecule has 0 amide bonds. The Morgan fingerprint density at radius 2 is 2.14 bits per heavy atom. The second-order valence-electron chi connectivity index (χ2n) is 3.27. The summed E-state index contributed by atoms with van der Waals surface area (Å²) in [4.78, 5) is 0. The molecule has 0 rings (SSSR count). The Balaban J connectivity index is 3.64. The maximum Gasteiger partial charge on any atom is 0.0481 e. The van der Waals surface area contributed by atoms with Gasteiger partial charge in [-0.3, -0.25) is 0 Å². The Morgan fingerprint density at radius 3 is 2.71 bits per heavy atom. The third-order valence-corrected chi connectivity index (χ3v) is 2.02. The summed E-state index contributed by atoms with van der Waals surface area (Å²) in [5, 5.41) is 3.48. The van der Waals surface area contributed by atoms with E-state index in [0.29, 0.717) is 6.04 Å². The molecular formula is C12H23NO. The van der Waals surface area contributed by atoms with Crippen molar-refractivity contribution < 1.29 is 4.74 Å². The van der Waals surface area contributed by atoms with Crippen LogP contribution in [0, 0.1) is 11.8 Å². The van der Waals surface area contributed by atoms with Crippen molar-refractivity contribution in [1.82, 2.24) is 5.32 Å². The lowest BCUT2D eigenvalue weighted by molar-refractivity contribution is 0.136. The predicted octanol–water partition coefficient (Wildman–Crippen LogP) is 2.19. The van der Waals surface area contributed by atoms with Gasteiger partial charge >= 0.3 is 0 Å². The summed E-state index contributed by atoms with van der Waals surface area (Å²) in [6.45, 7) is 8.81. The van der Waals surface area contributed by atoms with E-state index >= 15 is 0 Å². The van der Waals surface area contributed by atoms with Crippen molar-refractivity contribution in [2.75, 3.05) is 19.8 Å². The molecule has 1 atom stereocenters. The first kappa shape index (κ1) is 13.5. The van der Waals surface area contributed by atoms with Gasteiger partial charge in [0.05, 0.1) is 0 Å². The van der Waals surface area contributed by atoms with Gasteiger partial charge in [-0.1, -0.05) is 6.92 Å². The zero-order chi connectivity index (χ0) is 10.6. The molecule has 82 valence electrons. The summed E-state index contributed by atoms with van der Waals surface area (Å²) in [7, 11) is 0. The van der Waals surface area contributed by atoms with Crippen LogP contribution in [0.3, 0.4) is 0 Å². The summed E-state index contributed by atoms with van der Waals surface area (Å²) >= 11 is 0. The van der Waals surface area contributed by atoms with Crippen molar-refractivity contribution in [3.05, 3.63) is 0 Å². The monoisotopic (exact) mass is 197 g/mol. The van der Waals surface area contributed by atoms with Crippen LogP contribution < -0.4 is 5.32 Å². The van der Waals surface area contributed by atoms with E-state index in [0.717, 1.165) is 32.6 Å². The SMILES string of the molecule is CC#CCC(CCOCC)NCCC. The first-order valence-electron chi connectivity index (χ1n) is 5.55. The molecule has 0 fully saturated rings. The second kappa shape index (κ2) is 10.6. The van der Waals surface area contributed by atoms with Crippen LogP contribution in [0.4, 0.5) is 0 Å². The fraction of sp³-hybridized carbons (Fsp3) is 0.833. The third kappa shape index (κ3) is 8.10. The highest BCUT2D eigenvalue weighted by Gasteiger charge is 2.04. The van der Waals surface area contributed by atoms with E-state index in [1.165, 1.54) is 6.42 Å². The molecular weight excluding hydrogens is 174 g/mol. The van der Waals surface area contributed by atoms with Crippen LogP contribution in [0.1, 0.15) is 40.0 Å². The molecule has 14 heavy (non-hydrogen) atoms. The van der Waals surface area contributed by atoms with E-state index in [1.807, 2.05) is 13.8 Å². The van der Waals surface area contributed by atoms with Crippen LogP contribution in [-0.4, -0.2) is 25.8 Å². The Hall–Kier alpha value is -0.520. The van der Waals surface area contributed by atoms with E-state index in [-0.39, 0.29) is 0 Å². The number of hydrogen-bond acceptors (Lipinski definition) is 2. The average Bonchev–Trinajstić information content (AvgIpc) is 2.21. The minimum Gasteiger partial charge on any atom is -0.382 e. The Kier molecular flexibility index (Phi) is 10.2. The first-order valence-corrected chi connectivity index (χ1v) is 5.55. The van der Waals surface area contributed by atoms with Crippen molar-refractivity contribution in [2.45, 2.75) is 46.1 Å². The van der Waals surface area contributed by atoms with Crippen LogP contribution in [0.15, 0.2) is 0 Å². The standard InChI is InChI=1S/C12H23NO/c1-4-7-8-12(13-10-5-2)9-11-14-6-3/h12-13H,5-6,8-11H2,1-3H3. The molecule has 1 unspecified atom stereocenters. The van der Waals surface area contributed by atoms with Gasteiger partial charge in [-0.15, -0.1) is 11.8 Å². The first-order chi connectivity index (χ1) is 6.85. The lowest BCUT2D eigenvalue weighted by atomic mass is 10.1. The Bertz CT molecular complexity index is 169. The molecule has 0 saturated carbocycles. The molecule has 1 N–H and O–H groups in total. The van der Waals surface area contributed by atoms with E-state index in [2.05, 4.69) is 24.1 Å². The number of hydrogen-bond donors (Lipinski definition) is 1. The van der Waals surface area contributed by atoms with E-state index in [9.17, 15) is 0 Å². The molecule has 0 aliphatic heterocycles. The van der Waals surface area contributed by atoms with Crippen molar-refractivity contribution >= 4 is 0 Å². The highest BCUT2D eigenvalue weighted by atomic mass is 16.5. The fourth-order valence-electron chi connectivity index (χ4n) is 1.22. The van der Waals surface area contributed by atoms with Crippen LogP contribution in [0.2, 0.25) is 0 Å². The molecule has 0 radical (unpaired) electrons. The molecule has 0 aliphatic carbocycles. The molecule has 2 heteroatoms. The molecule has 0 aromatic heterocycles. The maximum atomic E-state index is 5.34. The summed E-state index contributed by atoms with van der Waals surface area (Å²) in [6.07, 6.45) is 3.16. The zero-order valence-electron chi connectivity index (χ0n) is 9.73. The number of nitrogens with one attached hydrogen (secondary N) is 1. The Morgan fingerprint density at radius 1 is 1.36 bits per heavy atom. The van der Waals surface area contributed by atoms with Gasteiger partial charge in [0.2, 0.25) is 0 Å². The molecule has 0 saturated heterocycles. The highest BCUT2D eigenvalue weighted by molar-refractivity contribution is 4.98. The summed E-state index contributed by atoms with van der Waals surface area (Å²) in [5.74, 6) is 6.05. The third-order valence-electron chi connectivity index (χ3n) is 2.02. The molecule has 0 heterocycles. The van der Waals surface area contributed by atoms with Crippen LogP contribution in [-0.2, 0) is 4.74 Å². The van der Waals surface area contributed by atoms with Gasteiger partial charge in [0, 0.05) is 25.7 Å². The normalized spacial score (nSPS) is 11.9. The second-order valence-corrected chi connectivity index (χ2v) is 3.27. The van der Waals surface area contributed by atoms with Gasteiger partial charge in [0.25, 0.3) is 0 Å². The van der Waals surface area contributed by atoms with E-state index in [4.69, 9.17) is 4.74 Å². The fourth-order valence-corrected chi connectivity index (χ4v) is 1.22. The van der Waals surface area contributed by atoms with E-state index < -0.39 is 0 Å². The smallest absolute Gasteiger partial charge is 0.0481 e. The van der Waals surface area contributed by atoms with Crippen molar-refractivity contribution in [3.63, 3.8) is 0 Å². The van der Waals surface area contributed by atoms with Crippen molar-refractivity contribution in [2.24, 2.45) is 0 Å². The zero-order valence-corrected chi connectivity index (χ0v) is 9.73. The Labute approximate surface area is 88.4 Å². The van der Waals surface area contributed by atoms with Gasteiger partial charge in [-0.25, -0.2) is 0 Å². The molecule has 0 aliphatic rings. The highest BCUT2D eigenvalue weighted by Crippen LogP contribution is 1.98. The average molecular weight is 197 g/mol. The van der Waals surface area contributed by atoms with Crippen LogP contribution in [0.25, 0.3) is 0 Å². The van der Waals surface area contributed by atoms with Crippen LogP contribution in [0.5, 0.6) is 0 Å². The molecule has 0 aromatic rings. The molecule has 2 nitrogen and oxygen atoms in total. The topological polar surface area (TPSA) is 21.3 Å².